The second-order valence-corrected chi connectivity index (χ2v) is 6.85. The number of rotatable bonds is 5. The van der Waals surface area contributed by atoms with Crippen LogP contribution in [-0.2, 0) is 11.4 Å². The van der Waals surface area contributed by atoms with Gasteiger partial charge in [-0.15, -0.1) is 0 Å². The summed E-state index contributed by atoms with van der Waals surface area (Å²) in [7, 11) is 0. The van der Waals surface area contributed by atoms with Gasteiger partial charge in [-0.1, -0.05) is 47.6 Å². The Hall–Kier alpha value is -2.93. The van der Waals surface area contributed by atoms with Crippen molar-refractivity contribution < 1.29 is 9.63 Å². The van der Waals surface area contributed by atoms with Crippen LogP contribution in [0.25, 0.3) is 0 Å². The summed E-state index contributed by atoms with van der Waals surface area (Å²) in [5.74, 6) is -0.412. The highest BCUT2D eigenvalue weighted by atomic mass is 79.9. The van der Waals surface area contributed by atoms with E-state index in [1.54, 1.807) is 24.3 Å². The molecule has 0 unspecified atom stereocenters. The summed E-state index contributed by atoms with van der Waals surface area (Å²) in [5.41, 5.74) is 9.94. The molecule has 7 heteroatoms. The van der Waals surface area contributed by atoms with Crippen LogP contribution in [0.4, 0.5) is 0 Å². The van der Waals surface area contributed by atoms with E-state index in [1.807, 2.05) is 48.9 Å². The third kappa shape index (κ3) is 4.43. The number of halogens is 1. The Bertz CT molecular complexity index is 979. The van der Waals surface area contributed by atoms with Gasteiger partial charge in [0.05, 0.1) is 28.0 Å². The highest BCUT2D eigenvalue weighted by molar-refractivity contribution is 9.10. The summed E-state index contributed by atoms with van der Waals surface area (Å²) >= 11 is 3.52. The summed E-state index contributed by atoms with van der Waals surface area (Å²) < 4.78 is 2.92. The van der Waals surface area contributed by atoms with E-state index in [9.17, 15) is 4.79 Å². The van der Waals surface area contributed by atoms with Crippen LogP contribution in [0, 0.1) is 13.8 Å². The van der Waals surface area contributed by atoms with Gasteiger partial charge < -0.3 is 10.6 Å². The van der Waals surface area contributed by atoms with Crippen LogP contribution >= 0.6 is 15.9 Å². The van der Waals surface area contributed by atoms with Crippen molar-refractivity contribution in [2.45, 2.75) is 20.4 Å². The predicted octanol–water partition coefficient (Wildman–Crippen LogP) is 3.79. The second-order valence-electron chi connectivity index (χ2n) is 6.06. The van der Waals surface area contributed by atoms with Crippen LogP contribution in [0.1, 0.15) is 32.9 Å². The molecule has 0 bridgehead atoms. The molecule has 0 aliphatic rings. The number of hydrogen-bond acceptors (Lipinski definition) is 4. The molecule has 0 amide bonds. The van der Waals surface area contributed by atoms with Crippen molar-refractivity contribution in [2.75, 3.05) is 0 Å². The molecular formula is C20H19BrN4O2. The lowest BCUT2D eigenvalue weighted by atomic mass is 10.1. The molecule has 0 saturated carbocycles. The highest BCUT2D eigenvalue weighted by Crippen LogP contribution is 2.20. The van der Waals surface area contributed by atoms with Crippen molar-refractivity contribution in [3.05, 3.63) is 87.1 Å². The van der Waals surface area contributed by atoms with E-state index in [0.717, 1.165) is 21.4 Å². The Morgan fingerprint density at radius 1 is 1.11 bits per heavy atom. The average molecular weight is 427 g/mol. The lowest BCUT2D eigenvalue weighted by Gasteiger charge is -2.06. The third-order valence-electron chi connectivity index (χ3n) is 4.11. The molecular weight excluding hydrogens is 408 g/mol. The number of hydrogen-bond donors (Lipinski definition) is 1. The molecule has 3 aromatic rings. The Morgan fingerprint density at radius 2 is 1.78 bits per heavy atom. The molecule has 27 heavy (non-hydrogen) atoms. The van der Waals surface area contributed by atoms with Crippen molar-refractivity contribution in [3.63, 3.8) is 0 Å². The van der Waals surface area contributed by atoms with Gasteiger partial charge in [-0.2, -0.15) is 5.10 Å². The lowest BCUT2D eigenvalue weighted by Crippen LogP contribution is -2.15. The smallest absolute Gasteiger partial charge is 0.365 e. The fourth-order valence-electron chi connectivity index (χ4n) is 2.55. The predicted molar refractivity (Wildman–Crippen MR) is 108 cm³/mol. The van der Waals surface area contributed by atoms with Gasteiger partial charge >= 0.3 is 5.97 Å². The maximum atomic E-state index is 12.1. The van der Waals surface area contributed by atoms with Crippen LogP contribution in [0.2, 0.25) is 0 Å². The number of aryl methyl sites for hydroxylation is 1. The molecule has 2 N–H and O–H groups in total. The first-order valence-electron chi connectivity index (χ1n) is 8.34. The zero-order valence-corrected chi connectivity index (χ0v) is 16.6. The Morgan fingerprint density at radius 3 is 2.37 bits per heavy atom. The number of nitrogens with two attached hydrogens (primary N) is 1. The molecule has 0 saturated heterocycles. The number of aromatic nitrogens is 2. The van der Waals surface area contributed by atoms with Crippen LogP contribution in [0.3, 0.4) is 0 Å². The minimum Gasteiger partial charge on any atom is -0.380 e. The summed E-state index contributed by atoms with van der Waals surface area (Å²) in [5, 5.41) is 8.20. The summed E-state index contributed by atoms with van der Waals surface area (Å²) in [4.78, 5) is 17.1. The molecule has 138 valence electrons. The van der Waals surface area contributed by atoms with Gasteiger partial charge in [0, 0.05) is 5.56 Å². The first-order chi connectivity index (χ1) is 13.0. The molecule has 0 fully saturated rings. The number of nitrogens with zero attached hydrogens (tertiary/aromatic N) is 3. The Kier molecular flexibility index (Phi) is 5.71. The van der Waals surface area contributed by atoms with Gasteiger partial charge in [0.1, 0.15) is 0 Å². The molecule has 1 heterocycles. The number of amidine groups is 1. The summed E-state index contributed by atoms with van der Waals surface area (Å²) in [6.45, 7) is 4.58. The fraction of sp³-hybridized carbons (Fsp3) is 0.150. The lowest BCUT2D eigenvalue weighted by molar-refractivity contribution is 0.0516. The van der Waals surface area contributed by atoms with E-state index >= 15 is 0 Å². The van der Waals surface area contributed by atoms with Crippen molar-refractivity contribution in [1.82, 2.24) is 9.78 Å². The van der Waals surface area contributed by atoms with Gasteiger partial charge in [0.2, 0.25) is 0 Å². The maximum absolute atomic E-state index is 12.1. The molecule has 0 spiro atoms. The monoisotopic (exact) mass is 426 g/mol. The topological polar surface area (TPSA) is 82.5 Å². The molecule has 2 aromatic carbocycles. The number of benzene rings is 2. The van der Waals surface area contributed by atoms with E-state index in [2.05, 4.69) is 26.2 Å². The SMILES string of the molecule is Cc1nn(Cc2ccc(C(=O)O/N=C(\N)c3ccccc3)cc2)c(C)c1Br. The first kappa shape index (κ1) is 18.8. The molecule has 1 aromatic heterocycles. The van der Waals surface area contributed by atoms with Crippen molar-refractivity contribution >= 4 is 27.7 Å². The van der Waals surface area contributed by atoms with E-state index in [-0.39, 0.29) is 5.84 Å². The number of carbonyl (C=O) groups is 1. The summed E-state index contributed by atoms with van der Waals surface area (Å²) in [6.07, 6.45) is 0. The Balaban J connectivity index is 1.66. The normalized spacial score (nSPS) is 11.4. The van der Waals surface area contributed by atoms with Crippen LogP contribution < -0.4 is 5.73 Å². The van der Waals surface area contributed by atoms with Gasteiger partial charge in [-0.05, 0) is 47.5 Å². The number of carbonyl (C=O) groups excluding carboxylic acids is 1. The van der Waals surface area contributed by atoms with E-state index in [0.29, 0.717) is 17.7 Å². The highest BCUT2D eigenvalue weighted by Gasteiger charge is 2.11. The largest absolute Gasteiger partial charge is 0.380 e. The van der Waals surface area contributed by atoms with Gasteiger partial charge in [-0.25, -0.2) is 4.79 Å². The zero-order valence-electron chi connectivity index (χ0n) is 15.0. The van der Waals surface area contributed by atoms with Crippen molar-refractivity contribution in [3.8, 4) is 0 Å². The molecule has 0 atom stereocenters. The maximum Gasteiger partial charge on any atom is 0.365 e. The van der Waals surface area contributed by atoms with E-state index in [4.69, 9.17) is 10.6 Å². The molecule has 0 aliphatic carbocycles. The standard InChI is InChI=1S/C20H19BrN4O2/c1-13-18(21)14(2)25(23-13)12-15-8-10-17(11-9-15)20(26)27-24-19(22)16-6-4-3-5-7-16/h3-11H,12H2,1-2H3,(H2,22,24). The van der Waals surface area contributed by atoms with E-state index < -0.39 is 5.97 Å². The van der Waals surface area contributed by atoms with Gasteiger partial charge in [-0.3, -0.25) is 4.68 Å². The molecule has 6 nitrogen and oxygen atoms in total. The minimum absolute atomic E-state index is 0.149. The van der Waals surface area contributed by atoms with Gasteiger partial charge in [0.25, 0.3) is 0 Å². The second kappa shape index (κ2) is 8.18. The minimum atomic E-state index is -0.561. The molecule has 0 aliphatic heterocycles. The zero-order chi connectivity index (χ0) is 19.4. The van der Waals surface area contributed by atoms with Crippen LogP contribution in [0.5, 0.6) is 0 Å². The third-order valence-corrected chi connectivity index (χ3v) is 5.26. The van der Waals surface area contributed by atoms with E-state index in [1.165, 1.54) is 0 Å². The Labute approximate surface area is 165 Å². The summed E-state index contributed by atoms with van der Waals surface area (Å²) in [6, 6.07) is 16.3. The molecule has 0 radical (unpaired) electrons. The van der Waals surface area contributed by atoms with Gasteiger partial charge in [0.15, 0.2) is 5.84 Å². The van der Waals surface area contributed by atoms with Crippen molar-refractivity contribution in [1.29, 1.82) is 0 Å². The fourth-order valence-corrected chi connectivity index (χ4v) is 2.84. The number of oxime groups is 1. The molecule has 3 rings (SSSR count). The van der Waals surface area contributed by atoms with Crippen LogP contribution in [0.15, 0.2) is 64.2 Å². The van der Waals surface area contributed by atoms with Crippen LogP contribution in [-0.4, -0.2) is 21.6 Å². The van der Waals surface area contributed by atoms with Crippen molar-refractivity contribution in [2.24, 2.45) is 10.9 Å². The quantitative estimate of drug-likeness (QED) is 0.291. The first-order valence-corrected chi connectivity index (χ1v) is 9.13. The average Bonchev–Trinajstić information content (AvgIpc) is 2.93.